The fraction of sp³-hybridized carbons (Fsp3) is 0.250. The van der Waals surface area contributed by atoms with Crippen molar-refractivity contribution < 1.29 is 9.90 Å². The average Bonchev–Trinajstić information content (AvgIpc) is 2.16. The van der Waals surface area contributed by atoms with Crippen LogP contribution in [0, 0.1) is 0 Å². The van der Waals surface area contributed by atoms with Gasteiger partial charge in [-0.2, -0.15) is 0 Å². The van der Waals surface area contributed by atoms with Gasteiger partial charge in [-0.3, -0.25) is 0 Å². The van der Waals surface area contributed by atoms with E-state index in [0.29, 0.717) is 0 Å². The van der Waals surface area contributed by atoms with E-state index in [2.05, 4.69) is 21.2 Å². The minimum atomic E-state index is -1.01. The second kappa shape index (κ2) is 5.70. The molecule has 0 fully saturated rings. The van der Waals surface area contributed by atoms with Gasteiger partial charge in [0.05, 0.1) is 0 Å². The van der Waals surface area contributed by atoms with Crippen LogP contribution in [0.15, 0.2) is 34.8 Å². The molecule has 1 amide bonds. The zero-order valence-electron chi connectivity index (χ0n) is 9.20. The lowest BCUT2D eigenvalue weighted by molar-refractivity contribution is 0.193. The average molecular weight is 284 g/mol. The third kappa shape index (κ3) is 4.06. The molecule has 0 radical (unpaired) electrons. The van der Waals surface area contributed by atoms with Gasteiger partial charge in [-0.25, -0.2) is 4.79 Å². The molecule has 1 aromatic rings. The van der Waals surface area contributed by atoms with Gasteiger partial charge >= 0.3 is 6.09 Å². The van der Waals surface area contributed by atoms with Gasteiger partial charge in [0, 0.05) is 10.5 Å². The van der Waals surface area contributed by atoms with Gasteiger partial charge in [0.2, 0.25) is 0 Å². The molecule has 1 aromatic carbocycles. The number of nitrogens with one attached hydrogen (secondary N) is 1. The Kier molecular flexibility index (Phi) is 4.55. The van der Waals surface area contributed by atoms with Gasteiger partial charge in [-0.05, 0) is 37.1 Å². The van der Waals surface area contributed by atoms with Crippen molar-refractivity contribution in [2.45, 2.75) is 19.9 Å². The maximum Gasteiger partial charge on any atom is 0.405 e. The zero-order valence-corrected chi connectivity index (χ0v) is 10.8. The van der Waals surface area contributed by atoms with Crippen LogP contribution < -0.4 is 5.32 Å². The summed E-state index contributed by atoms with van der Waals surface area (Å²) in [4.78, 5) is 10.4. The van der Waals surface area contributed by atoms with Crippen molar-refractivity contribution in [2.24, 2.45) is 0 Å². The minimum absolute atomic E-state index is 0.193. The van der Waals surface area contributed by atoms with E-state index in [1.807, 2.05) is 37.3 Å². The molecule has 0 saturated heterocycles. The van der Waals surface area contributed by atoms with Gasteiger partial charge in [-0.15, -0.1) is 0 Å². The molecule has 0 aliphatic rings. The van der Waals surface area contributed by atoms with E-state index in [4.69, 9.17) is 5.11 Å². The SMILES string of the molecule is C/C(=C/[C@@H](C)NC(=O)O)c1ccc(Br)cc1. The van der Waals surface area contributed by atoms with Crippen LogP contribution in [0.5, 0.6) is 0 Å². The highest BCUT2D eigenvalue weighted by atomic mass is 79.9. The summed E-state index contributed by atoms with van der Waals surface area (Å²) in [5.41, 5.74) is 2.14. The summed E-state index contributed by atoms with van der Waals surface area (Å²) in [6.45, 7) is 3.76. The molecule has 1 rings (SSSR count). The normalized spacial score (nSPS) is 13.3. The third-order valence-corrected chi connectivity index (χ3v) is 2.68. The molecule has 0 aliphatic heterocycles. The van der Waals surface area contributed by atoms with E-state index in [1.54, 1.807) is 6.92 Å². The Hall–Kier alpha value is -1.29. The number of halogens is 1. The summed E-state index contributed by atoms with van der Waals surface area (Å²) in [6.07, 6.45) is 0.879. The van der Waals surface area contributed by atoms with Gasteiger partial charge in [0.15, 0.2) is 0 Å². The minimum Gasteiger partial charge on any atom is -0.465 e. The molecule has 0 heterocycles. The number of rotatable bonds is 3. The second-order valence-corrected chi connectivity index (χ2v) is 4.51. The van der Waals surface area contributed by atoms with E-state index in [-0.39, 0.29) is 6.04 Å². The van der Waals surface area contributed by atoms with Gasteiger partial charge in [0.1, 0.15) is 0 Å². The van der Waals surface area contributed by atoms with Crippen molar-refractivity contribution >= 4 is 27.6 Å². The summed E-state index contributed by atoms with van der Waals surface area (Å²) in [7, 11) is 0. The van der Waals surface area contributed by atoms with E-state index in [1.165, 1.54) is 0 Å². The van der Waals surface area contributed by atoms with Crippen LogP contribution in [0.25, 0.3) is 5.57 Å². The molecule has 2 N–H and O–H groups in total. The maximum atomic E-state index is 10.4. The van der Waals surface area contributed by atoms with Gasteiger partial charge in [0.25, 0.3) is 0 Å². The van der Waals surface area contributed by atoms with Crippen LogP contribution in [-0.4, -0.2) is 17.2 Å². The molecule has 16 heavy (non-hydrogen) atoms. The highest BCUT2D eigenvalue weighted by Crippen LogP contribution is 2.17. The summed E-state index contributed by atoms with van der Waals surface area (Å²) in [5.74, 6) is 0. The highest BCUT2D eigenvalue weighted by molar-refractivity contribution is 9.10. The Morgan fingerprint density at radius 3 is 2.50 bits per heavy atom. The van der Waals surface area contributed by atoms with Crippen molar-refractivity contribution in [1.29, 1.82) is 0 Å². The lowest BCUT2D eigenvalue weighted by atomic mass is 10.1. The Bertz CT molecular complexity index is 398. The molecule has 0 spiro atoms. The van der Waals surface area contributed by atoms with E-state index in [0.717, 1.165) is 15.6 Å². The molecule has 1 atom stereocenters. The monoisotopic (exact) mass is 283 g/mol. The first-order valence-electron chi connectivity index (χ1n) is 4.93. The Balaban J connectivity index is 2.76. The van der Waals surface area contributed by atoms with Crippen LogP contribution >= 0.6 is 15.9 Å². The summed E-state index contributed by atoms with van der Waals surface area (Å²) in [5, 5.41) is 10.9. The molecular formula is C12H14BrNO2. The number of carbonyl (C=O) groups is 1. The molecule has 4 heteroatoms. The quantitative estimate of drug-likeness (QED) is 0.892. The molecule has 3 nitrogen and oxygen atoms in total. The van der Waals surface area contributed by atoms with Crippen LogP contribution in [0.2, 0.25) is 0 Å². The predicted molar refractivity (Wildman–Crippen MR) is 68.4 cm³/mol. The summed E-state index contributed by atoms with van der Waals surface area (Å²) in [6, 6.07) is 7.71. The van der Waals surface area contributed by atoms with Crippen LogP contribution in [0.3, 0.4) is 0 Å². The van der Waals surface area contributed by atoms with Crippen molar-refractivity contribution in [3.63, 3.8) is 0 Å². The number of benzene rings is 1. The molecule has 0 bridgehead atoms. The largest absolute Gasteiger partial charge is 0.465 e. The van der Waals surface area contributed by atoms with E-state index < -0.39 is 6.09 Å². The predicted octanol–water partition coefficient (Wildman–Crippen LogP) is 3.51. The van der Waals surface area contributed by atoms with Crippen LogP contribution in [0.4, 0.5) is 4.79 Å². The highest BCUT2D eigenvalue weighted by Gasteiger charge is 2.03. The molecule has 0 aliphatic carbocycles. The Morgan fingerprint density at radius 2 is 2.00 bits per heavy atom. The van der Waals surface area contributed by atoms with Gasteiger partial charge in [-0.1, -0.05) is 34.1 Å². The van der Waals surface area contributed by atoms with Gasteiger partial charge < -0.3 is 10.4 Å². The third-order valence-electron chi connectivity index (χ3n) is 2.15. The van der Waals surface area contributed by atoms with E-state index >= 15 is 0 Å². The van der Waals surface area contributed by atoms with Crippen LogP contribution in [0.1, 0.15) is 19.4 Å². The van der Waals surface area contributed by atoms with Crippen molar-refractivity contribution in [1.82, 2.24) is 5.32 Å². The molecule has 86 valence electrons. The number of hydrogen-bond donors (Lipinski definition) is 2. The lowest BCUT2D eigenvalue weighted by Crippen LogP contribution is -2.29. The fourth-order valence-electron chi connectivity index (χ4n) is 1.42. The van der Waals surface area contributed by atoms with E-state index in [9.17, 15) is 4.79 Å². The van der Waals surface area contributed by atoms with Crippen molar-refractivity contribution in [3.05, 3.63) is 40.4 Å². The first kappa shape index (κ1) is 12.8. The lowest BCUT2D eigenvalue weighted by Gasteiger charge is -2.08. The molecule has 0 saturated carbocycles. The Labute approximate surface area is 103 Å². The molecule has 0 aromatic heterocycles. The Morgan fingerprint density at radius 1 is 1.44 bits per heavy atom. The first-order valence-corrected chi connectivity index (χ1v) is 5.72. The summed E-state index contributed by atoms with van der Waals surface area (Å²) < 4.78 is 1.03. The molecule has 0 unspecified atom stereocenters. The van der Waals surface area contributed by atoms with Crippen molar-refractivity contribution in [2.75, 3.05) is 0 Å². The number of hydrogen-bond acceptors (Lipinski definition) is 1. The standard InChI is InChI=1S/C12H14BrNO2/c1-8(7-9(2)14-12(15)16)10-3-5-11(13)6-4-10/h3-7,9,14H,1-2H3,(H,15,16)/b8-7-/t9-/m1/s1. The fourth-order valence-corrected chi connectivity index (χ4v) is 1.68. The number of allylic oxidation sites excluding steroid dienone is 1. The smallest absolute Gasteiger partial charge is 0.405 e. The number of carboxylic acid groups (broad SMARTS) is 1. The number of amides is 1. The summed E-state index contributed by atoms with van der Waals surface area (Å²) >= 11 is 3.37. The molecular weight excluding hydrogens is 270 g/mol. The van der Waals surface area contributed by atoms with Crippen molar-refractivity contribution in [3.8, 4) is 0 Å². The zero-order chi connectivity index (χ0) is 12.1. The van der Waals surface area contributed by atoms with Crippen LogP contribution in [-0.2, 0) is 0 Å². The first-order chi connectivity index (χ1) is 7.49. The topological polar surface area (TPSA) is 49.3 Å². The maximum absolute atomic E-state index is 10.4. The second-order valence-electron chi connectivity index (χ2n) is 3.59.